The van der Waals surface area contributed by atoms with Crippen molar-refractivity contribution in [2.45, 2.75) is 12.8 Å². The van der Waals surface area contributed by atoms with Gasteiger partial charge in [-0.3, -0.25) is 0 Å². The van der Waals surface area contributed by atoms with Crippen LogP contribution in [0.4, 0.5) is 5.69 Å². The van der Waals surface area contributed by atoms with Crippen molar-refractivity contribution >= 4 is 22.4 Å². The summed E-state index contributed by atoms with van der Waals surface area (Å²) in [6, 6.07) is 12.2. The zero-order valence-corrected chi connectivity index (χ0v) is 12.2. The second-order valence-electron chi connectivity index (χ2n) is 5.19. The number of ether oxygens (including phenoxy) is 2. The van der Waals surface area contributed by atoms with Crippen LogP contribution in [0.5, 0.6) is 5.75 Å². The van der Waals surface area contributed by atoms with Gasteiger partial charge in [-0.1, -0.05) is 24.3 Å². The number of fused-ring (bicyclic) bond motifs is 1. The molecule has 0 saturated carbocycles. The lowest BCUT2D eigenvalue weighted by Crippen LogP contribution is -2.18. The maximum absolute atomic E-state index is 11.2. The Morgan fingerprint density at radius 2 is 1.81 bits per heavy atom. The third-order valence-corrected chi connectivity index (χ3v) is 3.88. The molecule has 1 aliphatic heterocycles. The predicted molar refractivity (Wildman–Crippen MR) is 82.9 cm³/mol. The van der Waals surface area contributed by atoms with E-state index in [0.717, 1.165) is 24.2 Å². The number of hydrogen-bond acceptors (Lipinski definition) is 4. The van der Waals surface area contributed by atoms with Crippen LogP contribution >= 0.6 is 0 Å². The first-order chi connectivity index (χ1) is 10.3. The topological polar surface area (TPSA) is 38.8 Å². The van der Waals surface area contributed by atoms with Crippen LogP contribution in [-0.2, 0) is 9.53 Å². The highest BCUT2D eigenvalue weighted by Crippen LogP contribution is 2.35. The van der Waals surface area contributed by atoms with Crippen molar-refractivity contribution in [2.75, 3.05) is 31.7 Å². The normalized spacial score (nSPS) is 14.4. The van der Waals surface area contributed by atoms with Gasteiger partial charge in [0.25, 0.3) is 0 Å². The van der Waals surface area contributed by atoms with E-state index in [1.165, 1.54) is 31.0 Å². The van der Waals surface area contributed by atoms with Crippen LogP contribution < -0.4 is 9.64 Å². The Bertz CT molecular complexity index is 648. The molecular formula is C17H19NO3. The molecule has 2 aromatic rings. The zero-order valence-electron chi connectivity index (χ0n) is 12.2. The molecule has 1 fully saturated rings. The first kappa shape index (κ1) is 13.7. The van der Waals surface area contributed by atoms with Crippen molar-refractivity contribution in [3.8, 4) is 5.75 Å². The van der Waals surface area contributed by atoms with Crippen LogP contribution in [0.3, 0.4) is 0 Å². The minimum Gasteiger partial charge on any atom is -0.481 e. The highest BCUT2D eigenvalue weighted by atomic mass is 16.6. The molecule has 0 spiro atoms. The molecule has 3 rings (SSSR count). The monoisotopic (exact) mass is 285 g/mol. The molecule has 0 atom stereocenters. The first-order valence-electron chi connectivity index (χ1n) is 7.26. The van der Waals surface area contributed by atoms with Gasteiger partial charge in [0.1, 0.15) is 5.75 Å². The number of carbonyl (C=O) groups excluding carboxylic acids is 1. The zero-order chi connectivity index (χ0) is 14.7. The van der Waals surface area contributed by atoms with Gasteiger partial charge in [-0.05, 0) is 25.0 Å². The van der Waals surface area contributed by atoms with E-state index in [9.17, 15) is 4.79 Å². The van der Waals surface area contributed by atoms with E-state index < -0.39 is 0 Å². The van der Waals surface area contributed by atoms with Crippen molar-refractivity contribution in [1.29, 1.82) is 0 Å². The van der Waals surface area contributed by atoms with Crippen LogP contribution in [0, 0.1) is 0 Å². The molecule has 1 saturated heterocycles. The molecule has 1 aliphatic rings. The lowest BCUT2D eigenvalue weighted by Gasteiger charge is -2.21. The van der Waals surface area contributed by atoms with Crippen LogP contribution in [0.15, 0.2) is 36.4 Å². The number of nitrogens with zero attached hydrogens (tertiary/aromatic N) is 1. The van der Waals surface area contributed by atoms with Gasteiger partial charge in [-0.15, -0.1) is 0 Å². The Morgan fingerprint density at radius 1 is 1.10 bits per heavy atom. The molecule has 0 unspecified atom stereocenters. The standard InChI is InChI=1S/C17H19NO3/c1-20-17(19)12-21-16-9-8-15(18-10-4-5-11-18)13-6-2-3-7-14(13)16/h2-3,6-9H,4-5,10-12H2,1H3. The van der Waals surface area contributed by atoms with Crippen molar-refractivity contribution in [2.24, 2.45) is 0 Å². The first-order valence-corrected chi connectivity index (χ1v) is 7.26. The highest BCUT2D eigenvalue weighted by molar-refractivity contribution is 5.98. The molecule has 4 nitrogen and oxygen atoms in total. The fourth-order valence-electron chi connectivity index (χ4n) is 2.81. The Hall–Kier alpha value is -2.23. The minimum absolute atomic E-state index is 0.0659. The molecule has 0 aromatic heterocycles. The lowest BCUT2D eigenvalue weighted by atomic mass is 10.1. The molecule has 1 heterocycles. The third-order valence-electron chi connectivity index (χ3n) is 3.88. The summed E-state index contributed by atoms with van der Waals surface area (Å²) >= 11 is 0. The summed E-state index contributed by atoms with van der Waals surface area (Å²) in [7, 11) is 1.36. The van der Waals surface area contributed by atoms with E-state index in [1.807, 2.05) is 24.3 Å². The summed E-state index contributed by atoms with van der Waals surface area (Å²) < 4.78 is 10.2. The molecule has 21 heavy (non-hydrogen) atoms. The average Bonchev–Trinajstić information content (AvgIpc) is 3.06. The van der Waals surface area contributed by atoms with Crippen LogP contribution in [0.25, 0.3) is 10.8 Å². The summed E-state index contributed by atoms with van der Waals surface area (Å²) in [5.74, 6) is 0.349. The second kappa shape index (κ2) is 6.04. The number of methoxy groups -OCH3 is 1. The molecule has 0 amide bonds. The Balaban J connectivity index is 1.96. The summed E-state index contributed by atoms with van der Waals surface area (Å²) in [6.45, 7) is 2.14. The number of benzene rings is 2. The van der Waals surface area contributed by atoms with E-state index in [-0.39, 0.29) is 12.6 Å². The molecular weight excluding hydrogens is 266 g/mol. The fraction of sp³-hybridized carbons (Fsp3) is 0.353. The van der Waals surface area contributed by atoms with Crippen LogP contribution in [0.1, 0.15) is 12.8 Å². The number of esters is 1. The van der Waals surface area contributed by atoms with Crippen molar-refractivity contribution in [3.63, 3.8) is 0 Å². The van der Waals surface area contributed by atoms with E-state index in [1.54, 1.807) is 0 Å². The van der Waals surface area contributed by atoms with Crippen molar-refractivity contribution in [1.82, 2.24) is 0 Å². The molecule has 0 radical (unpaired) electrons. The smallest absolute Gasteiger partial charge is 0.343 e. The third kappa shape index (κ3) is 2.79. The van der Waals surface area contributed by atoms with Gasteiger partial charge in [0.05, 0.1) is 7.11 Å². The largest absolute Gasteiger partial charge is 0.481 e. The van der Waals surface area contributed by atoms with Gasteiger partial charge < -0.3 is 14.4 Å². The van der Waals surface area contributed by atoms with Crippen LogP contribution in [-0.4, -0.2) is 32.8 Å². The van der Waals surface area contributed by atoms with E-state index in [2.05, 4.69) is 21.8 Å². The van der Waals surface area contributed by atoms with Gasteiger partial charge in [0, 0.05) is 29.5 Å². The number of anilines is 1. The van der Waals surface area contributed by atoms with E-state index in [0.29, 0.717) is 0 Å². The number of rotatable bonds is 4. The molecule has 0 aliphatic carbocycles. The summed E-state index contributed by atoms with van der Waals surface area (Å²) in [5, 5.41) is 2.20. The Morgan fingerprint density at radius 3 is 2.52 bits per heavy atom. The van der Waals surface area contributed by atoms with Crippen molar-refractivity contribution < 1.29 is 14.3 Å². The fourth-order valence-corrected chi connectivity index (χ4v) is 2.81. The second-order valence-corrected chi connectivity index (χ2v) is 5.19. The predicted octanol–water partition coefficient (Wildman–Crippen LogP) is 2.99. The van der Waals surface area contributed by atoms with Crippen molar-refractivity contribution in [3.05, 3.63) is 36.4 Å². The van der Waals surface area contributed by atoms with Crippen LogP contribution in [0.2, 0.25) is 0 Å². The maximum Gasteiger partial charge on any atom is 0.343 e. The van der Waals surface area contributed by atoms with Gasteiger partial charge >= 0.3 is 5.97 Å². The van der Waals surface area contributed by atoms with Gasteiger partial charge in [0.2, 0.25) is 0 Å². The number of hydrogen-bond donors (Lipinski definition) is 0. The highest BCUT2D eigenvalue weighted by Gasteiger charge is 2.16. The maximum atomic E-state index is 11.2. The SMILES string of the molecule is COC(=O)COc1ccc(N2CCCC2)c2ccccc12. The van der Waals surface area contributed by atoms with Gasteiger partial charge in [-0.2, -0.15) is 0 Å². The summed E-state index contributed by atoms with van der Waals surface area (Å²) in [6.07, 6.45) is 2.49. The number of carbonyl (C=O) groups is 1. The molecule has 2 aromatic carbocycles. The molecule has 0 bridgehead atoms. The Labute approximate surface area is 124 Å². The quantitative estimate of drug-likeness (QED) is 0.810. The summed E-state index contributed by atoms with van der Waals surface area (Å²) in [5.41, 5.74) is 1.24. The minimum atomic E-state index is -0.372. The van der Waals surface area contributed by atoms with E-state index >= 15 is 0 Å². The summed E-state index contributed by atoms with van der Waals surface area (Å²) in [4.78, 5) is 13.7. The average molecular weight is 285 g/mol. The Kier molecular flexibility index (Phi) is 3.95. The van der Waals surface area contributed by atoms with Gasteiger partial charge in [0.15, 0.2) is 6.61 Å². The lowest BCUT2D eigenvalue weighted by molar-refractivity contribution is -0.142. The molecule has 0 N–H and O–H groups in total. The van der Waals surface area contributed by atoms with Gasteiger partial charge in [-0.25, -0.2) is 4.79 Å². The van der Waals surface area contributed by atoms with E-state index in [4.69, 9.17) is 4.74 Å². The molecule has 4 heteroatoms. The molecule has 110 valence electrons.